The fourth-order valence-electron chi connectivity index (χ4n) is 4.45. The smallest absolute Gasteiger partial charge is 0.225 e. The SMILES string of the molecule is CCOc1cnc(N2CCC(Oc3cc(N4CCc5cc(S(C)(=O)=O)ccc54)ncn3)CC2)nc1. The summed E-state index contributed by atoms with van der Waals surface area (Å²) in [5, 5.41) is 0. The fraction of sp³-hybridized carbons (Fsp3) is 0.417. The average molecular weight is 497 g/mol. The summed E-state index contributed by atoms with van der Waals surface area (Å²) in [5.74, 6) is 2.64. The standard InChI is InChI=1S/C24H28N6O4S/c1-3-33-19-14-25-24(26-15-19)29-9-7-18(8-10-29)34-23-13-22(27-16-28-23)30-11-6-17-12-20(35(2,31)32)4-5-21(17)30/h4-5,12-16,18H,3,6-11H2,1-2H3. The van der Waals surface area contributed by atoms with E-state index in [-0.39, 0.29) is 6.10 Å². The molecule has 0 saturated carbocycles. The van der Waals surface area contributed by atoms with Crippen molar-refractivity contribution < 1.29 is 17.9 Å². The quantitative estimate of drug-likeness (QED) is 0.484. The summed E-state index contributed by atoms with van der Waals surface area (Å²) in [4.78, 5) is 22.1. The number of anilines is 3. The molecule has 1 saturated heterocycles. The molecule has 1 aromatic carbocycles. The molecule has 2 aliphatic heterocycles. The number of piperidine rings is 1. The van der Waals surface area contributed by atoms with E-state index in [2.05, 4.69) is 29.7 Å². The van der Waals surface area contributed by atoms with Crippen molar-refractivity contribution in [2.75, 3.05) is 42.3 Å². The van der Waals surface area contributed by atoms with E-state index in [4.69, 9.17) is 9.47 Å². The predicted octanol–water partition coefficient (Wildman–Crippen LogP) is 2.81. The van der Waals surface area contributed by atoms with E-state index in [1.807, 2.05) is 19.1 Å². The Morgan fingerprint density at radius 3 is 2.51 bits per heavy atom. The van der Waals surface area contributed by atoms with E-state index in [0.29, 0.717) is 29.1 Å². The number of rotatable bonds is 7. The van der Waals surface area contributed by atoms with Gasteiger partial charge >= 0.3 is 0 Å². The number of sulfone groups is 1. The second-order valence-electron chi connectivity index (χ2n) is 8.63. The third-order valence-corrected chi connectivity index (χ3v) is 7.33. The van der Waals surface area contributed by atoms with E-state index >= 15 is 0 Å². The summed E-state index contributed by atoms with van der Waals surface area (Å²) in [7, 11) is -3.24. The fourth-order valence-corrected chi connectivity index (χ4v) is 5.12. The second-order valence-corrected chi connectivity index (χ2v) is 10.7. The number of aromatic nitrogens is 4. The van der Waals surface area contributed by atoms with Crippen LogP contribution in [0.2, 0.25) is 0 Å². The molecule has 2 aromatic heterocycles. The van der Waals surface area contributed by atoms with Crippen LogP contribution in [-0.4, -0.2) is 67.0 Å². The van der Waals surface area contributed by atoms with Gasteiger partial charge in [-0.1, -0.05) is 0 Å². The van der Waals surface area contributed by atoms with Gasteiger partial charge in [0.2, 0.25) is 11.8 Å². The van der Waals surface area contributed by atoms with Gasteiger partial charge in [-0.3, -0.25) is 0 Å². The largest absolute Gasteiger partial charge is 0.491 e. The van der Waals surface area contributed by atoms with Gasteiger partial charge in [0.05, 0.1) is 23.9 Å². The lowest BCUT2D eigenvalue weighted by atomic mass is 10.1. The van der Waals surface area contributed by atoms with Gasteiger partial charge < -0.3 is 19.3 Å². The van der Waals surface area contributed by atoms with Crippen LogP contribution in [0.4, 0.5) is 17.5 Å². The minimum absolute atomic E-state index is 0.0416. The highest BCUT2D eigenvalue weighted by Crippen LogP contribution is 2.35. The van der Waals surface area contributed by atoms with Crippen molar-refractivity contribution in [3.05, 3.63) is 48.5 Å². The van der Waals surface area contributed by atoms with Gasteiger partial charge in [0.25, 0.3) is 0 Å². The highest BCUT2D eigenvalue weighted by molar-refractivity contribution is 7.90. The van der Waals surface area contributed by atoms with Crippen molar-refractivity contribution in [2.45, 2.75) is 37.2 Å². The number of ether oxygens (including phenoxy) is 2. The first-order valence-electron chi connectivity index (χ1n) is 11.7. The highest BCUT2D eigenvalue weighted by atomic mass is 32.2. The summed E-state index contributed by atoms with van der Waals surface area (Å²) >= 11 is 0. The van der Waals surface area contributed by atoms with Crippen molar-refractivity contribution in [1.29, 1.82) is 0 Å². The Kier molecular flexibility index (Phi) is 6.42. The molecule has 2 aliphatic rings. The summed E-state index contributed by atoms with van der Waals surface area (Å²) in [6.07, 6.45) is 8.60. The number of fused-ring (bicyclic) bond motifs is 1. The lowest BCUT2D eigenvalue weighted by Gasteiger charge is -2.32. The number of hydrogen-bond donors (Lipinski definition) is 0. The zero-order valence-electron chi connectivity index (χ0n) is 19.8. The monoisotopic (exact) mass is 496 g/mol. The molecule has 0 spiro atoms. The molecule has 184 valence electrons. The van der Waals surface area contributed by atoms with Crippen LogP contribution in [0.15, 0.2) is 47.9 Å². The molecule has 3 aromatic rings. The maximum absolute atomic E-state index is 11.9. The van der Waals surface area contributed by atoms with Crippen molar-refractivity contribution in [1.82, 2.24) is 19.9 Å². The first kappa shape index (κ1) is 23.3. The Morgan fingerprint density at radius 1 is 1.03 bits per heavy atom. The lowest BCUT2D eigenvalue weighted by molar-refractivity contribution is 0.163. The molecule has 5 rings (SSSR count). The normalized spacial score (nSPS) is 16.3. The maximum Gasteiger partial charge on any atom is 0.225 e. The molecule has 0 bridgehead atoms. The maximum atomic E-state index is 11.9. The Bertz CT molecular complexity index is 1290. The third kappa shape index (κ3) is 5.14. The Labute approximate surface area is 204 Å². The molecular formula is C24H28N6O4S. The van der Waals surface area contributed by atoms with Gasteiger partial charge in [-0.05, 0) is 37.1 Å². The molecule has 0 N–H and O–H groups in total. The van der Waals surface area contributed by atoms with Gasteiger partial charge in [-0.2, -0.15) is 0 Å². The van der Waals surface area contributed by atoms with Gasteiger partial charge in [-0.15, -0.1) is 0 Å². The Hall–Kier alpha value is -3.47. The first-order valence-corrected chi connectivity index (χ1v) is 13.6. The minimum atomic E-state index is -3.24. The first-order chi connectivity index (χ1) is 16.9. The highest BCUT2D eigenvalue weighted by Gasteiger charge is 2.25. The molecule has 0 aliphatic carbocycles. The van der Waals surface area contributed by atoms with Gasteiger partial charge in [0.15, 0.2) is 15.6 Å². The van der Waals surface area contributed by atoms with Crippen LogP contribution in [0, 0.1) is 0 Å². The van der Waals surface area contributed by atoms with Crippen molar-refractivity contribution >= 4 is 27.3 Å². The molecule has 1 fully saturated rings. The van der Waals surface area contributed by atoms with E-state index in [1.54, 1.807) is 24.5 Å². The van der Waals surface area contributed by atoms with Gasteiger partial charge in [0.1, 0.15) is 18.2 Å². The Morgan fingerprint density at radius 2 is 1.80 bits per heavy atom. The molecule has 35 heavy (non-hydrogen) atoms. The van der Waals surface area contributed by atoms with Crippen LogP contribution in [0.25, 0.3) is 0 Å². The van der Waals surface area contributed by atoms with Crippen molar-refractivity contribution in [2.24, 2.45) is 0 Å². The van der Waals surface area contributed by atoms with Crippen LogP contribution in [0.1, 0.15) is 25.3 Å². The van der Waals surface area contributed by atoms with Crippen molar-refractivity contribution in [3.63, 3.8) is 0 Å². The summed E-state index contributed by atoms with van der Waals surface area (Å²) in [6, 6.07) is 7.10. The van der Waals surface area contributed by atoms with Crippen LogP contribution in [-0.2, 0) is 16.3 Å². The molecule has 11 heteroatoms. The molecule has 4 heterocycles. The second kappa shape index (κ2) is 9.65. The van der Waals surface area contributed by atoms with E-state index in [9.17, 15) is 8.42 Å². The van der Waals surface area contributed by atoms with Crippen LogP contribution < -0.4 is 19.3 Å². The van der Waals surface area contributed by atoms with E-state index < -0.39 is 9.84 Å². The lowest BCUT2D eigenvalue weighted by Crippen LogP contribution is -2.39. The minimum Gasteiger partial charge on any atom is -0.491 e. The summed E-state index contributed by atoms with van der Waals surface area (Å²) < 4.78 is 35.4. The Balaban J connectivity index is 1.22. The zero-order valence-corrected chi connectivity index (χ0v) is 20.6. The van der Waals surface area contributed by atoms with Gasteiger partial charge in [0, 0.05) is 50.5 Å². The number of hydrogen-bond acceptors (Lipinski definition) is 10. The molecule has 10 nitrogen and oxygen atoms in total. The average Bonchev–Trinajstić information content (AvgIpc) is 3.28. The van der Waals surface area contributed by atoms with Crippen LogP contribution in [0.5, 0.6) is 11.6 Å². The predicted molar refractivity (Wildman–Crippen MR) is 131 cm³/mol. The number of nitrogens with zero attached hydrogens (tertiary/aromatic N) is 6. The van der Waals surface area contributed by atoms with Crippen molar-refractivity contribution in [3.8, 4) is 11.6 Å². The molecular weight excluding hydrogens is 468 g/mol. The van der Waals surface area contributed by atoms with Gasteiger partial charge in [-0.25, -0.2) is 28.4 Å². The topological polar surface area (TPSA) is 111 Å². The zero-order chi connectivity index (χ0) is 24.4. The molecule has 0 unspecified atom stereocenters. The van der Waals surface area contributed by atoms with E-state index in [0.717, 1.165) is 56.0 Å². The van der Waals surface area contributed by atoms with E-state index in [1.165, 1.54) is 12.6 Å². The molecule has 0 amide bonds. The third-order valence-electron chi connectivity index (χ3n) is 6.22. The molecule has 0 atom stereocenters. The van der Waals surface area contributed by atoms with Crippen LogP contribution in [0.3, 0.4) is 0 Å². The summed E-state index contributed by atoms with van der Waals surface area (Å²) in [5.41, 5.74) is 1.96. The molecule has 0 radical (unpaired) electrons. The van der Waals surface area contributed by atoms with Crippen LogP contribution >= 0.6 is 0 Å². The summed E-state index contributed by atoms with van der Waals surface area (Å²) in [6.45, 7) is 4.82. The number of benzene rings is 1.